The molecule has 1 saturated carbocycles. The summed E-state index contributed by atoms with van der Waals surface area (Å²) in [5.41, 5.74) is 1.11. The van der Waals surface area contributed by atoms with Crippen molar-refractivity contribution in [2.75, 3.05) is 19.8 Å². The second-order valence-electron chi connectivity index (χ2n) is 6.77. The minimum atomic E-state index is 0.179. The lowest BCUT2D eigenvalue weighted by Crippen LogP contribution is -2.43. The molecule has 1 heterocycles. The number of aromatic nitrogens is 1. The van der Waals surface area contributed by atoms with Crippen LogP contribution in [0.5, 0.6) is 5.88 Å². The van der Waals surface area contributed by atoms with Crippen molar-refractivity contribution in [3.63, 3.8) is 0 Å². The fraction of sp³-hybridized carbons (Fsp3) is 0.667. The largest absolute Gasteiger partial charge is 0.474 e. The number of aliphatic imine (C=N–C) groups is 1. The Morgan fingerprint density at radius 2 is 2.08 bits per heavy atom. The molecular formula is C18H30N4OS. The first-order valence-corrected chi connectivity index (χ1v) is 9.86. The summed E-state index contributed by atoms with van der Waals surface area (Å²) in [6.45, 7) is 5.98. The maximum atomic E-state index is 5.90. The Morgan fingerprint density at radius 3 is 2.67 bits per heavy atom. The van der Waals surface area contributed by atoms with E-state index >= 15 is 0 Å². The third-order valence-corrected chi connectivity index (χ3v) is 5.55. The predicted octanol–water partition coefficient (Wildman–Crippen LogP) is 3.21. The number of nitrogens with one attached hydrogen (secondary N) is 2. The van der Waals surface area contributed by atoms with E-state index in [0.717, 1.165) is 36.8 Å². The third kappa shape index (κ3) is 6.23. The van der Waals surface area contributed by atoms with Crippen molar-refractivity contribution in [1.29, 1.82) is 0 Å². The zero-order chi connectivity index (χ0) is 17.4. The highest BCUT2D eigenvalue weighted by Crippen LogP contribution is 2.23. The molecule has 24 heavy (non-hydrogen) atoms. The molecule has 0 aromatic carbocycles. The molecule has 0 spiro atoms. The second kappa shape index (κ2) is 9.16. The fourth-order valence-corrected chi connectivity index (χ4v) is 2.75. The Hall–Kier alpha value is -1.43. The Kier molecular flexibility index (Phi) is 7.21. The molecule has 1 aliphatic carbocycles. The SMILES string of the molecule is CN=C(NCc1ccc(OC2CCCC2)nc1)NCC(C)(C)SC. The number of rotatable bonds is 7. The number of hydrogen-bond acceptors (Lipinski definition) is 4. The number of guanidine groups is 1. The van der Waals surface area contributed by atoms with E-state index in [0.29, 0.717) is 12.6 Å². The quantitative estimate of drug-likeness (QED) is 0.584. The summed E-state index contributed by atoms with van der Waals surface area (Å²) in [7, 11) is 1.79. The Labute approximate surface area is 150 Å². The van der Waals surface area contributed by atoms with Gasteiger partial charge in [-0.1, -0.05) is 6.07 Å². The number of pyridine rings is 1. The van der Waals surface area contributed by atoms with E-state index < -0.39 is 0 Å². The standard InChI is InChI=1S/C18H30N4OS/c1-18(2,24-4)13-22-17(19-3)21-12-14-9-10-16(20-11-14)23-15-7-5-6-8-15/h9-11,15H,5-8,12-13H2,1-4H3,(H2,19,21,22). The normalized spacial score (nSPS) is 16.2. The Morgan fingerprint density at radius 1 is 1.33 bits per heavy atom. The van der Waals surface area contributed by atoms with Crippen LogP contribution in [0.15, 0.2) is 23.3 Å². The number of ether oxygens (including phenoxy) is 1. The molecule has 1 aromatic heterocycles. The molecule has 1 aliphatic rings. The number of hydrogen-bond donors (Lipinski definition) is 2. The van der Waals surface area contributed by atoms with Gasteiger partial charge in [0.2, 0.25) is 5.88 Å². The van der Waals surface area contributed by atoms with Crippen molar-refractivity contribution in [2.45, 2.75) is 56.9 Å². The van der Waals surface area contributed by atoms with Crippen LogP contribution in [0.4, 0.5) is 0 Å². The van der Waals surface area contributed by atoms with Gasteiger partial charge >= 0.3 is 0 Å². The van der Waals surface area contributed by atoms with Crippen LogP contribution >= 0.6 is 11.8 Å². The maximum absolute atomic E-state index is 5.90. The lowest BCUT2D eigenvalue weighted by atomic mass is 10.2. The second-order valence-corrected chi connectivity index (χ2v) is 8.29. The molecule has 0 amide bonds. The lowest BCUT2D eigenvalue weighted by molar-refractivity contribution is 0.201. The molecule has 0 saturated heterocycles. The van der Waals surface area contributed by atoms with Crippen molar-refractivity contribution in [1.82, 2.24) is 15.6 Å². The first kappa shape index (κ1) is 18.9. The third-order valence-electron chi connectivity index (χ3n) is 4.30. The van der Waals surface area contributed by atoms with E-state index in [1.807, 2.05) is 24.0 Å². The van der Waals surface area contributed by atoms with Crippen LogP contribution in [-0.4, -0.2) is 41.6 Å². The fourth-order valence-electron chi connectivity index (χ4n) is 2.54. The van der Waals surface area contributed by atoms with Crippen LogP contribution in [0.2, 0.25) is 0 Å². The van der Waals surface area contributed by atoms with Gasteiger partial charge in [0.15, 0.2) is 5.96 Å². The van der Waals surface area contributed by atoms with E-state index in [1.54, 1.807) is 7.05 Å². The molecule has 134 valence electrons. The summed E-state index contributed by atoms with van der Waals surface area (Å²) in [4.78, 5) is 8.69. The van der Waals surface area contributed by atoms with Crippen LogP contribution in [0.1, 0.15) is 45.1 Å². The van der Waals surface area contributed by atoms with E-state index in [2.05, 4.69) is 46.8 Å². The van der Waals surface area contributed by atoms with Gasteiger partial charge in [0.05, 0.1) is 0 Å². The highest BCUT2D eigenvalue weighted by atomic mass is 32.2. The summed E-state index contributed by atoms with van der Waals surface area (Å²) >= 11 is 1.84. The highest BCUT2D eigenvalue weighted by Gasteiger charge is 2.17. The van der Waals surface area contributed by atoms with Crippen molar-refractivity contribution in [2.24, 2.45) is 4.99 Å². The van der Waals surface area contributed by atoms with E-state index in [9.17, 15) is 0 Å². The Balaban J connectivity index is 1.78. The average Bonchev–Trinajstić information content (AvgIpc) is 3.09. The zero-order valence-electron chi connectivity index (χ0n) is 15.3. The molecular weight excluding hydrogens is 320 g/mol. The molecule has 5 nitrogen and oxygen atoms in total. The van der Waals surface area contributed by atoms with Crippen molar-refractivity contribution < 1.29 is 4.74 Å². The van der Waals surface area contributed by atoms with E-state index in [-0.39, 0.29) is 4.75 Å². The summed E-state index contributed by atoms with van der Waals surface area (Å²) in [6.07, 6.45) is 9.19. The van der Waals surface area contributed by atoms with E-state index in [1.165, 1.54) is 12.8 Å². The van der Waals surface area contributed by atoms with Crippen LogP contribution < -0.4 is 15.4 Å². The molecule has 0 bridgehead atoms. The van der Waals surface area contributed by atoms with Gasteiger partial charge in [-0.3, -0.25) is 4.99 Å². The topological polar surface area (TPSA) is 58.5 Å². The number of thioether (sulfide) groups is 1. The molecule has 0 atom stereocenters. The first-order chi connectivity index (χ1) is 11.5. The highest BCUT2D eigenvalue weighted by molar-refractivity contribution is 7.99. The van der Waals surface area contributed by atoms with Crippen molar-refractivity contribution in [3.05, 3.63) is 23.9 Å². The molecule has 2 N–H and O–H groups in total. The predicted molar refractivity (Wildman–Crippen MR) is 103 cm³/mol. The van der Waals surface area contributed by atoms with Gasteiger partial charge in [0.25, 0.3) is 0 Å². The van der Waals surface area contributed by atoms with Crippen LogP contribution in [0.3, 0.4) is 0 Å². The van der Waals surface area contributed by atoms with Crippen LogP contribution in [0.25, 0.3) is 0 Å². The molecule has 2 rings (SSSR count). The van der Waals surface area contributed by atoms with Gasteiger partial charge in [0, 0.05) is 37.1 Å². The van der Waals surface area contributed by atoms with Gasteiger partial charge in [-0.15, -0.1) is 0 Å². The first-order valence-electron chi connectivity index (χ1n) is 8.63. The summed E-state index contributed by atoms with van der Waals surface area (Å²) in [6, 6.07) is 4.02. The number of nitrogens with zero attached hydrogens (tertiary/aromatic N) is 2. The average molecular weight is 351 g/mol. The van der Waals surface area contributed by atoms with Crippen molar-refractivity contribution in [3.8, 4) is 5.88 Å². The zero-order valence-corrected chi connectivity index (χ0v) is 16.1. The minimum absolute atomic E-state index is 0.179. The lowest BCUT2D eigenvalue weighted by Gasteiger charge is -2.23. The van der Waals surface area contributed by atoms with Gasteiger partial charge < -0.3 is 15.4 Å². The van der Waals surface area contributed by atoms with Gasteiger partial charge in [-0.2, -0.15) is 11.8 Å². The summed E-state index contributed by atoms with van der Waals surface area (Å²) in [5.74, 6) is 1.54. The molecule has 0 unspecified atom stereocenters. The summed E-state index contributed by atoms with van der Waals surface area (Å²) in [5, 5.41) is 6.69. The maximum Gasteiger partial charge on any atom is 0.213 e. The molecule has 0 radical (unpaired) electrons. The minimum Gasteiger partial charge on any atom is -0.474 e. The molecule has 1 fully saturated rings. The Bertz CT molecular complexity index is 524. The summed E-state index contributed by atoms with van der Waals surface area (Å²) < 4.78 is 6.07. The monoisotopic (exact) mass is 350 g/mol. The molecule has 1 aromatic rings. The molecule has 0 aliphatic heterocycles. The van der Waals surface area contributed by atoms with Crippen LogP contribution in [-0.2, 0) is 6.54 Å². The van der Waals surface area contributed by atoms with Gasteiger partial charge in [-0.25, -0.2) is 4.98 Å². The van der Waals surface area contributed by atoms with Gasteiger partial charge in [0.1, 0.15) is 6.10 Å². The van der Waals surface area contributed by atoms with E-state index in [4.69, 9.17) is 4.74 Å². The van der Waals surface area contributed by atoms with Gasteiger partial charge in [-0.05, 0) is 51.3 Å². The van der Waals surface area contributed by atoms with Crippen LogP contribution in [0, 0.1) is 0 Å². The smallest absolute Gasteiger partial charge is 0.213 e. The molecule has 6 heteroatoms. The van der Waals surface area contributed by atoms with Crippen molar-refractivity contribution >= 4 is 17.7 Å².